The zero-order valence-electron chi connectivity index (χ0n) is 10.6. The van der Waals surface area contributed by atoms with Crippen LogP contribution in [0.1, 0.15) is 11.6 Å². The second-order valence-electron chi connectivity index (χ2n) is 3.79. The number of phenols is 1. The maximum atomic E-state index is 12.4. The van der Waals surface area contributed by atoms with Gasteiger partial charge in [-0.25, -0.2) is 0 Å². The topological polar surface area (TPSA) is 84.9 Å². The predicted molar refractivity (Wildman–Crippen MR) is 67.4 cm³/mol. The van der Waals surface area contributed by atoms with Crippen molar-refractivity contribution in [1.82, 2.24) is 0 Å². The minimum atomic E-state index is -4.85. The molecule has 1 rings (SSSR count). The Morgan fingerprint density at radius 2 is 1.55 bits per heavy atom. The highest BCUT2D eigenvalue weighted by Gasteiger charge is 2.43. The summed E-state index contributed by atoms with van der Waals surface area (Å²) in [5.74, 6) is -0.555. The highest BCUT2D eigenvalue weighted by atomic mass is 35.5. The van der Waals surface area contributed by atoms with Gasteiger partial charge in [0, 0.05) is 0 Å². The summed E-state index contributed by atoms with van der Waals surface area (Å²) < 4.78 is 46.8. The Balaban J connectivity index is 0.00000361. The van der Waals surface area contributed by atoms with Crippen LogP contribution in [-0.2, 0) is 0 Å². The van der Waals surface area contributed by atoms with Gasteiger partial charge in [-0.15, -0.1) is 12.4 Å². The second-order valence-corrected chi connectivity index (χ2v) is 3.79. The third kappa shape index (κ3) is 3.81. The molecule has 0 aliphatic rings. The van der Waals surface area contributed by atoms with Gasteiger partial charge < -0.3 is 25.4 Å². The van der Waals surface area contributed by atoms with E-state index >= 15 is 0 Å². The summed E-state index contributed by atoms with van der Waals surface area (Å²) in [5, 5.41) is 18.7. The van der Waals surface area contributed by atoms with E-state index in [-0.39, 0.29) is 35.2 Å². The number of phenolic OH excluding ortho intramolecular Hbond substituents is 1. The van der Waals surface area contributed by atoms with Crippen LogP contribution >= 0.6 is 12.4 Å². The van der Waals surface area contributed by atoms with Crippen molar-refractivity contribution in [2.45, 2.75) is 18.3 Å². The summed E-state index contributed by atoms with van der Waals surface area (Å²) in [5.41, 5.74) is 5.29. The van der Waals surface area contributed by atoms with Crippen molar-refractivity contribution in [2.75, 3.05) is 14.2 Å². The van der Waals surface area contributed by atoms with Crippen molar-refractivity contribution in [1.29, 1.82) is 0 Å². The molecule has 2 atom stereocenters. The molecule has 4 N–H and O–H groups in total. The number of methoxy groups -OCH3 is 2. The minimum Gasteiger partial charge on any atom is -0.502 e. The Morgan fingerprint density at radius 1 is 1.15 bits per heavy atom. The van der Waals surface area contributed by atoms with Crippen LogP contribution in [0.15, 0.2) is 12.1 Å². The molecule has 0 heterocycles. The number of nitrogens with two attached hydrogens (primary N) is 1. The van der Waals surface area contributed by atoms with Gasteiger partial charge in [-0.2, -0.15) is 13.2 Å². The van der Waals surface area contributed by atoms with Crippen LogP contribution < -0.4 is 15.2 Å². The first-order valence-corrected chi connectivity index (χ1v) is 5.17. The van der Waals surface area contributed by atoms with E-state index in [1.165, 1.54) is 14.2 Å². The SMILES string of the molecule is COc1cc([C@@H](N)[C@@H](O)C(F)(F)F)cc(OC)c1O.Cl. The van der Waals surface area contributed by atoms with Crippen LogP contribution in [-0.4, -0.2) is 36.7 Å². The first-order valence-electron chi connectivity index (χ1n) is 5.17. The molecule has 5 nitrogen and oxygen atoms in total. The average molecular weight is 318 g/mol. The molecular weight excluding hydrogens is 303 g/mol. The van der Waals surface area contributed by atoms with Crippen molar-refractivity contribution < 1.29 is 32.9 Å². The molecule has 0 radical (unpaired) electrons. The number of aliphatic hydroxyl groups is 1. The van der Waals surface area contributed by atoms with Crippen molar-refractivity contribution >= 4 is 12.4 Å². The number of alkyl halides is 3. The van der Waals surface area contributed by atoms with Crippen LogP contribution in [0.3, 0.4) is 0 Å². The van der Waals surface area contributed by atoms with Gasteiger partial charge in [0.05, 0.1) is 20.3 Å². The number of halogens is 4. The Hall–Kier alpha value is -1.38. The highest BCUT2D eigenvalue weighted by Crippen LogP contribution is 2.40. The van der Waals surface area contributed by atoms with Crippen LogP contribution in [0.25, 0.3) is 0 Å². The van der Waals surface area contributed by atoms with Crippen molar-refractivity contribution in [2.24, 2.45) is 5.73 Å². The lowest BCUT2D eigenvalue weighted by molar-refractivity contribution is -0.210. The lowest BCUT2D eigenvalue weighted by atomic mass is 10.0. The quantitative estimate of drug-likeness (QED) is 0.788. The van der Waals surface area contributed by atoms with E-state index in [0.29, 0.717) is 0 Å². The van der Waals surface area contributed by atoms with Gasteiger partial charge in [0.1, 0.15) is 0 Å². The van der Waals surface area contributed by atoms with Gasteiger partial charge in [0.15, 0.2) is 17.6 Å². The Kier molecular flexibility index (Phi) is 6.39. The van der Waals surface area contributed by atoms with E-state index in [1.807, 2.05) is 0 Å². The fourth-order valence-corrected chi connectivity index (χ4v) is 1.49. The molecular formula is C11H15ClF3NO4. The molecule has 0 saturated heterocycles. The third-order valence-electron chi connectivity index (χ3n) is 2.56. The van der Waals surface area contributed by atoms with Gasteiger partial charge in [-0.3, -0.25) is 0 Å². The van der Waals surface area contributed by atoms with E-state index in [0.717, 1.165) is 12.1 Å². The van der Waals surface area contributed by atoms with Crippen LogP contribution in [0.4, 0.5) is 13.2 Å². The van der Waals surface area contributed by atoms with Gasteiger partial charge in [-0.1, -0.05) is 0 Å². The summed E-state index contributed by atoms with van der Waals surface area (Å²) in [4.78, 5) is 0. The predicted octanol–water partition coefficient (Wildman–Crippen LogP) is 1.75. The van der Waals surface area contributed by atoms with Gasteiger partial charge >= 0.3 is 6.18 Å². The van der Waals surface area contributed by atoms with E-state index in [2.05, 4.69) is 0 Å². The fourth-order valence-electron chi connectivity index (χ4n) is 1.49. The molecule has 20 heavy (non-hydrogen) atoms. The number of rotatable bonds is 4. The number of aliphatic hydroxyl groups excluding tert-OH is 1. The largest absolute Gasteiger partial charge is 0.502 e. The molecule has 0 bridgehead atoms. The first kappa shape index (κ1) is 18.6. The molecule has 0 aliphatic carbocycles. The van der Waals surface area contributed by atoms with Crippen molar-refractivity contribution in [3.8, 4) is 17.2 Å². The Bertz CT molecular complexity index is 431. The number of hydrogen-bond acceptors (Lipinski definition) is 5. The average Bonchev–Trinajstić information content (AvgIpc) is 2.36. The summed E-state index contributed by atoms with van der Waals surface area (Å²) >= 11 is 0. The summed E-state index contributed by atoms with van der Waals surface area (Å²) in [6.45, 7) is 0. The third-order valence-corrected chi connectivity index (χ3v) is 2.56. The van der Waals surface area contributed by atoms with E-state index in [1.54, 1.807) is 0 Å². The summed E-state index contributed by atoms with van der Waals surface area (Å²) in [7, 11) is 2.45. The lowest BCUT2D eigenvalue weighted by Gasteiger charge is -2.22. The van der Waals surface area contributed by atoms with E-state index in [9.17, 15) is 18.3 Å². The maximum absolute atomic E-state index is 12.4. The molecule has 0 spiro atoms. The smallest absolute Gasteiger partial charge is 0.416 e. The number of hydrogen-bond donors (Lipinski definition) is 3. The summed E-state index contributed by atoms with van der Waals surface area (Å²) in [6.07, 6.45) is -7.58. The van der Waals surface area contributed by atoms with Crippen molar-refractivity contribution in [3.63, 3.8) is 0 Å². The lowest BCUT2D eigenvalue weighted by Crippen LogP contribution is -2.38. The molecule has 116 valence electrons. The highest BCUT2D eigenvalue weighted by molar-refractivity contribution is 5.85. The molecule has 0 unspecified atom stereocenters. The van der Waals surface area contributed by atoms with E-state index < -0.39 is 18.3 Å². The number of aromatic hydroxyl groups is 1. The zero-order chi connectivity index (χ0) is 14.8. The molecule has 1 aromatic carbocycles. The van der Waals surface area contributed by atoms with Crippen LogP contribution in [0.5, 0.6) is 17.2 Å². The molecule has 0 saturated carbocycles. The number of benzene rings is 1. The van der Waals surface area contributed by atoms with Crippen LogP contribution in [0, 0.1) is 0 Å². The Morgan fingerprint density at radius 3 is 1.85 bits per heavy atom. The number of ether oxygens (including phenoxy) is 2. The molecule has 9 heteroatoms. The van der Waals surface area contributed by atoms with Gasteiger partial charge in [0.2, 0.25) is 5.75 Å². The fraction of sp³-hybridized carbons (Fsp3) is 0.455. The van der Waals surface area contributed by atoms with Crippen LogP contribution in [0.2, 0.25) is 0 Å². The molecule has 0 fully saturated rings. The molecule has 0 amide bonds. The molecule has 1 aromatic rings. The second kappa shape index (κ2) is 6.87. The van der Waals surface area contributed by atoms with E-state index in [4.69, 9.17) is 20.3 Å². The van der Waals surface area contributed by atoms with Gasteiger partial charge in [0.25, 0.3) is 0 Å². The first-order chi connectivity index (χ1) is 8.72. The minimum absolute atomic E-state index is 0. The van der Waals surface area contributed by atoms with Crippen molar-refractivity contribution in [3.05, 3.63) is 17.7 Å². The normalized spacial score (nSPS) is 14.2. The Labute approximate surface area is 119 Å². The maximum Gasteiger partial charge on any atom is 0.416 e. The molecule has 0 aromatic heterocycles. The standard InChI is InChI=1S/C11H14F3NO4.ClH/c1-18-6-3-5(4-7(19-2)9(6)16)8(15)10(17)11(12,13)14;/h3-4,8,10,16-17H,15H2,1-2H3;1H/t8-,10-;/m1./s1. The summed E-state index contributed by atoms with van der Waals surface area (Å²) in [6, 6.07) is 0.498. The molecule has 0 aliphatic heterocycles. The monoisotopic (exact) mass is 317 g/mol. The zero-order valence-corrected chi connectivity index (χ0v) is 11.5. The van der Waals surface area contributed by atoms with Gasteiger partial charge in [-0.05, 0) is 17.7 Å².